The minimum atomic E-state index is -0.291. The third-order valence-electron chi connectivity index (χ3n) is 3.01. The number of rotatable bonds is 3. The van der Waals surface area contributed by atoms with Crippen molar-refractivity contribution in [2.45, 2.75) is 25.0 Å². The van der Waals surface area contributed by atoms with Gasteiger partial charge in [0, 0.05) is 11.2 Å². The molecule has 1 aliphatic heterocycles. The van der Waals surface area contributed by atoms with E-state index in [0.717, 1.165) is 5.56 Å². The number of thioether (sulfide) groups is 1. The summed E-state index contributed by atoms with van der Waals surface area (Å²) in [5, 5.41) is 0.849. The SMILES string of the molecule is CCOC(=O)C1=C(N)SC(C)C1c1ccccc1. The van der Waals surface area contributed by atoms with Crippen molar-refractivity contribution in [2.75, 3.05) is 6.61 Å². The number of hydrogen-bond donors (Lipinski definition) is 1. The van der Waals surface area contributed by atoms with Gasteiger partial charge in [0.25, 0.3) is 0 Å². The van der Waals surface area contributed by atoms with Crippen LogP contribution in [0.3, 0.4) is 0 Å². The first kappa shape index (κ1) is 13.0. The first-order valence-electron chi connectivity index (χ1n) is 6.03. The van der Waals surface area contributed by atoms with E-state index in [4.69, 9.17) is 10.5 Å². The molecule has 18 heavy (non-hydrogen) atoms. The summed E-state index contributed by atoms with van der Waals surface area (Å²) in [6.45, 7) is 4.26. The van der Waals surface area contributed by atoms with Crippen LogP contribution in [0, 0.1) is 0 Å². The topological polar surface area (TPSA) is 52.3 Å². The Balaban J connectivity index is 2.36. The molecule has 2 N–H and O–H groups in total. The summed E-state index contributed by atoms with van der Waals surface area (Å²) in [5.41, 5.74) is 7.69. The number of hydrogen-bond acceptors (Lipinski definition) is 4. The fourth-order valence-corrected chi connectivity index (χ4v) is 3.42. The summed E-state index contributed by atoms with van der Waals surface area (Å²) in [5.74, 6) is -0.268. The van der Waals surface area contributed by atoms with Crippen molar-refractivity contribution < 1.29 is 9.53 Å². The molecule has 2 atom stereocenters. The molecule has 0 aromatic heterocycles. The lowest BCUT2D eigenvalue weighted by Gasteiger charge is -2.18. The first-order valence-corrected chi connectivity index (χ1v) is 6.91. The van der Waals surface area contributed by atoms with Crippen LogP contribution in [0.1, 0.15) is 25.3 Å². The van der Waals surface area contributed by atoms with Crippen LogP contribution in [-0.4, -0.2) is 17.8 Å². The third-order valence-corrected chi connectivity index (χ3v) is 4.13. The van der Waals surface area contributed by atoms with E-state index in [9.17, 15) is 4.79 Å². The van der Waals surface area contributed by atoms with E-state index in [1.54, 1.807) is 18.7 Å². The highest BCUT2D eigenvalue weighted by Gasteiger charge is 2.37. The van der Waals surface area contributed by atoms with Crippen LogP contribution >= 0.6 is 11.8 Å². The zero-order valence-corrected chi connectivity index (χ0v) is 11.4. The molecule has 0 spiro atoms. The van der Waals surface area contributed by atoms with E-state index in [1.807, 2.05) is 30.3 Å². The van der Waals surface area contributed by atoms with Gasteiger partial charge in [0.15, 0.2) is 0 Å². The molecule has 1 heterocycles. The fourth-order valence-electron chi connectivity index (χ4n) is 2.25. The molecule has 0 radical (unpaired) electrons. The largest absolute Gasteiger partial charge is 0.463 e. The predicted molar refractivity (Wildman–Crippen MR) is 74.1 cm³/mol. The van der Waals surface area contributed by atoms with Crippen molar-refractivity contribution >= 4 is 17.7 Å². The summed E-state index contributed by atoms with van der Waals surface area (Å²) in [7, 11) is 0. The van der Waals surface area contributed by atoms with Gasteiger partial charge in [-0.05, 0) is 12.5 Å². The van der Waals surface area contributed by atoms with Crippen LogP contribution in [0.5, 0.6) is 0 Å². The Bertz CT molecular complexity index is 470. The van der Waals surface area contributed by atoms with Crippen LogP contribution in [0.4, 0.5) is 0 Å². The van der Waals surface area contributed by atoms with Gasteiger partial charge in [0.1, 0.15) is 0 Å². The summed E-state index contributed by atoms with van der Waals surface area (Å²) in [6.07, 6.45) is 0. The molecule has 2 rings (SSSR count). The van der Waals surface area contributed by atoms with Gasteiger partial charge in [0.2, 0.25) is 0 Å². The quantitative estimate of drug-likeness (QED) is 0.852. The standard InChI is InChI=1S/C14H17NO2S/c1-3-17-14(16)12-11(9(2)18-13(12)15)10-7-5-4-6-8-10/h4-9,11H,3,15H2,1-2H3. The van der Waals surface area contributed by atoms with Crippen molar-refractivity contribution in [1.82, 2.24) is 0 Å². The molecular formula is C14H17NO2S. The molecule has 96 valence electrons. The lowest BCUT2D eigenvalue weighted by molar-refractivity contribution is -0.138. The molecular weight excluding hydrogens is 246 g/mol. The number of carbonyl (C=O) groups excluding carboxylic acids is 1. The zero-order chi connectivity index (χ0) is 13.1. The summed E-state index contributed by atoms with van der Waals surface area (Å²) in [4.78, 5) is 12.0. The van der Waals surface area contributed by atoms with Gasteiger partial charge in [-0.25, -0.2) is 4.79 Å². The Morgan fingerprint density at radius 3 is 2.67 bits per heavy atom. The molecule has 0 amide bonds. The van der Waals surface area contributed by atoms with Crippen molar-refractivity contribution in [2.24, 2.45) is 5.73 Å². The smallest absolute Gasteiger partial charge is 0.337 e. The normalized spacial score (nSPS) is 23.2. The van der Waals surface area contributed by atoms with E-state index in [0.29, 0.717) is 17.2 Å². The molecule has 1 aromatic rings. The van der Waals surface area contributed by atoms with Crippen molar-refractivity contribution in [3.63, 3.8) is 0 Å². The van der Waals surface area contributed by atoms with E-state index >= 15 is 0 Å². The summed E-state index contributed by atoms with van der Waals surface area (Å²) < 4.78 is 5.11. The van der Waals surface area contributed by atoms with Crippen LogP contribution < -0.4 is 5.73 Å². The Kier molecular flexibility index (Phi) is 3.97. The van der Waals surface area contributed by atoms with E-state index in [2.05, 4.69) is 6.92 Å². The molecule has 0 saturated heterocycles. The van der Waals surface area contributed by atoms with E-state index < -0.39 is 0 Å². The highest BCUT2D eigenvalue weighted by Crippen LogP contribution is 2.45. The lowest BCUT2D eigenvalue weighted by atomic mass is 9.89. The van der Waals surface area contributed by atoms with Crippen LogP contribution in [0.25, 0.3) is 0 Å². The average molecular weight is 263 g/mol. The van der Waals surface area contributed by atoms with Crippen LogP contribution in [-0.2, 0) is 9.53 Å². The average Bonchev–Trinajstić information content (AvgIpc) is 2.65. The number of benzene rings is 1. The van der Waals surface area contributed by atoms with Gasteiger partial charge in [-0.3, -0.25) is 0 Å². The molecule has 1 aromatic carbocycles. The highest BCUT2D eigenvalue weighted by atomic mass is 32.2. The minimum Gasteiger partial charge on any atom is -0.463 e. The number of esters is 1. The second kappa shape index (κ2) is 5.48. The summed E-state index contributed by atoms with van der Waals surface area (Å²) >= 11 is 1.54. The minimum absolute atomic E-state index is 0.0234. The Labute approximate surface area is 111 Å². The predicted octanol–water partition coefficient (Wildman–Crippen LogP) is 2.64. The Hall–Kier alpha value is -1.42. The second-order valence-corrected chi connectivity index (χ2v) is 5.63. The molecule has 0 bridgehead atoms. The molecule has 3 nitrogen and oxygen atoms in total. The molecule has 1 aliphatic rings. The van der Waals surface area contributed by atoms with Gasteiger partial charge in [-0.2, -0.15) is 0 Å². The third kappa shape index (κ3) is 2.38. The monoisotopic (exact) mass is 263 g/mol. The molecule has 0 aliphatic carbocycles. The highest BCUT2D eigenvalue weighted by molar-refractivity contribution is 8.03. The van der Waals surface area contributed by atoms with E-state index in [-0.39, 0.29) is 17.1 Å². The van der Waals surface area contributed by atoms with Crippen LogP contribution in [0.2, 0.25) is 0 Å². The maximum atomic E-state index is 12.0. The first-order chi connectivity index (χ1) is 8.65. The zero-order valence-electron chi connectivity index (χ0n) is 10.6. The van der Waals surface area contributed by atoms with Gasteiger partial charge < -0.3 is 10.5 Å². The van der Waals surface area contributed by atoms with Gasteiger partial charge in [-0.15, -0.1) is 11.8 Å². The fraction of sp³-hybridized carbons (Fsp3) is 0.357. The van der Waals surface area contributed by atoms with E-state index in [1.165, 1.54) is 0 Å². The van der Waals surface area contributed by atoms with Crippen molar-refractivity contribution in [3.05, 3.63) is 46.5 Å². The molecule has 2 unspecified atom stereocenters. The van der Waals surface area contributed by atoms with Gasteiger partial charge in [-0.1, -0.05) is 37.3 Å². The molecule has 0 fully saturated rings. The lowest BCUT2D eigenvalue weighted by Crippen LogP contribution is -2.18. The van der Waals surface area contributed by atoms with Gasteiger partial charge in [0.05, 0.1) is 17.2 Å². The van der Waals surface area contributed by atoms with Crippen LogP contribution in [0.15, 0.2) is 40.9 Å². The number of ether oxygens (including phenoxy) is 1. The second-order valence-electron chi connectivity index (χ2n) is 4.21. The molecule has 4 heteroatoms. The van der Waals surface area contributed by atoms with Crippen molar-refractivity contribution in [3.8, 4) is 0 Å². The Morgan fingerprint density at radius 2 is 2.06 bits per heavy atom. The van der Waals surface area contributed by atoms with Gasteiger partial charge >= 0.3 is 5.97 Å². The van der Waals surface area contributed by atoms with Crippen molar-refractivity contribution in [1.29, 1.82) is 0 Å². The summed E-state index contributed by atoms with van der Waals surface area (Å²) in [6, 6.07) is 9.97. The maximum Gasteiger partial charge on any atom is 0.337 e. The number of nitrogens with two attached hydrogens (primary N) is 1. The Morgan fingerprint density at radius 1 is 1.39 bits per heavy atom. The molecule has 0 saturated carbocycles. The maximum absolute atomic E-state index is 12.0. The number of carbonyl (C=O) groups is 1.